The summed E-state index contributed by atoms with van der Waals surface area (Å²) in [4.78, 5) is 55.6. The van der Waals surface area contributed by atoms with Crippen molar-refractivity contribution in [3.63, 3.8) is 0 Å². The second kappa shape index (κ2) is 18.6. The van der Waals surface area contributed by atoms with Crippen molar-refractivity contribution in [1.82, 2.24) is 5.32 Å². The van der Waals surface area contributed by atoms with E-state index in [0.717, 1.165) is 34.6 Å². The minimum absolute atomic E-state index is 0.0259. The van der Waals surface area contributed by atoms with E-state index >= 15 is 0 Å². The van der Waals surface area contributed by atoms with Crippen LogP contribution >= 0.6 is 23.1 Å². The summed E-state index contributed by atoms with van der Waals surface area (Å²) in [6.07, 6.45) is 4.01. The molecule has 5 aromatic rings. The van der Waals surface area contributed by atoms with Crippen molar-refractivity contribution in [2.75, 3.05) is 23.8 Å². The lowest BCUT2D eigenvalue weighted by atomic mass is 9.83. The van der Waals surface area contributed by atoms with Gasteiger partial charge in [-0.15, -0.1) is 23.1 Å². The highest BCUT2D eigenvalue weighted by Gasteiger charge is 2.31. The summed E-state index contributed by atoms with van der Waals surface area (Å²) in [5, 5.41) is 8.68. The van der Waals surface area contributed by atoms with Crippen molar-refractivity contribution in [1.29, 1.82) is 0 Å². The van der Waals surface area contributed by atoms with Gasteiger partial charge in [0.2, 0.25) is 5.91 Å². The van der Waals surface area contributed by atoms with E-state index in [9.17, 15) is 19.2 Å². The van der Waals surface area contributed by atoms with E-state index in [2.05, 4.69) is 28.1 Å². The fourth-order valence-corrected chi connectivity index (χ4v) is 8.65. The van der Waals surface area contributed by atoms with Gasteiger partial charge in [0.25, 0.3) is 11.8 Å². The third kappa shape index (κ3) is 9.92. The fourth-order valence-electron chi connectivity index (χ4n) is 6.40. The Morgan fingerprint density at radius 1 is 0.873 bits per heavy atom. The number of amides is 3. The largest absolute Gasteiger partial charge is 0.493 e. The van der Waals surface area contributed by atoms with Crippen LogP contribution in [0.5, 0.6) is 5.75 Å². The molecular weight excluding hydrogens is 731 g/mol. The van der Waals surface area contributed by atoms with Gasteiger partial charge in [-0.05, 0) is 99.6 Å². The average Bonchev–Trinajstić information content (AvgIpc) is 3.56. The summed E-state index contributed by atoms with van der Waals surface area (Å²) in [5.41, 5.74) is 4.21. The summed E-state index contributed by atoms with van der Waals surface area (Å²) >= 11 is 2.77. The highest BCUT2D eigenvalue weighted by molar-refractivity contribution is 8.00. The van der Waals surface area contributed by atoms with Crippen LogP contribution < -0.4 is 20.7 Å². The number of ether oxygens (including phenoxy) is 2. The Balaban J connectivity index is 1.17. The number of rotatable bonds is 14. The maximum atomic E-state index is 13.8. The number of benzene rings is 4. The van der Waals surface area contributed by atoms with E-state index < -0.39 is 23.0 Å². The second-order valence-electron chi connectivity index (χ2n) is 12.9. The summed E-state index contributed by atoms with van der Waals surface area (Å²) in [5.74, 6) is -0.744. The van der Waals surface area contributed by atoms with Crippen molar-refractivity contribution in [2.45, 2.75) is 56.1 Å². The molecule has 0 bridgehead atoms. The first-order valence-electron chi connectivity index (χ1n) is 18.3. The Kier molecular flexibility index (Phi) is 13.2. The van der Waals surface area contributed by atoms with Crippen LogP contribution in [0.25, 0.3) is 6.08 Å². The topological polar surface area (TPSA) is 123 Å². The Labute approximate surface area is 329 Å². The summed E-state index contributed by atoms with van der Waals surface area (Å²) in [6.45, 7) is 6.11. The summed E-state index contributed by atoms with van der Waals surface area (Å²) in [7, 11) is 0. The first-order chi connectivity index (χ1) is 26.7. The molecule has 3 N–H and O–H groups in total. The van der Waals surface area contributed by atoms with Crippen LogP contribution in [0, 0.1) is 0 Å². The molecule has 2 unspecified atom stereocenters. The lowest BCUT2D eigenvalue weighted by molar-refractivity contribution is -0.115. The molecule has 0 fully saturated rings. The van der Waals surface area contributed by atoms with Gasteiger partial charge in [0.05, 0.1) is 24.0 Å². The number of carbonyl (C=O) groups excluding carboxylic acids is 4. The first-order valence-corrected chi connectivity index (χ1v) is 20.0. The number of para-hydroxylation sites is 1. The molecule has 1 aliphatic carbocycles. The van der Waals surface area contributed by atoms with Crippen LogP contribution in [0.15, 0.2) is 120 Å². The Bertz CT molecular complexity index is 2180. The Hall–Kier alpha value is -5.65. The van der Waals surface area contributed by atoms with Gasteiger partial charge in [0, 0.05) is 26.6 Å². The molecule has 0 saturated carbocycles. The predicted molar refractivity (Wildman–Crippen MR) is 220 cm³/mol. The van der Waals surface area contributed by atoms with Crippen LogP contribution in [0.2, 0.25) is 0 Å². The normalized spacial score (nSPS) is 14.2. The van der Waals surface area contributed by atoms with Gasteiger partial charge in [0.1, 0.15) is 16.4 Å². The Morgan fingerprint density at radius 2 is 1.60 bits per heavy atom. The van der Waals surface area contributed by atoms with Gasteiger partial charge in [-0.3, -0.25) is 14.4 Å². The van der Waals surface area contributed by atoms with Crippen LogP contribution in [-0.2, 0) is 27.2 Å². The molecule has 1 aliphatic rings. The number of hydrogen-bond acceptors (Lipinski definition) is 8. The van der Waals surface area contributed by atoms with E-state index in [1.165, 1.54) is 28.7 Å². The predicted octanol–water partition coefficient (Wildman–Crippen LogP) is 9.12. The number of nitrogens with one attached hydrogen (secondary N) is 3. The molecule has 2 atom stereocenters. The van der Waals surface area contributed by atoms with Crippen molar-refractivity contribution in [3.05, 3.63) is 148 Å². The quantitative estimate of drug-likeness (QED) is 0.0585. The summed E-state index contributed by atoms with van der Waals surface area (Å²) < 4.78 is 11.2. The number of fused-ring (bicyclic) bond motifs is 1. The molecule has 55 heavy (non-hydrogen) atoms. The van der Waals surface area contributed by atoms with Crippen LogP contribution in [-0.4, -0.2) is 42.2 Å². The SMILES string of the molecule is CCOC(=O)c1c(NC(=O)C(C)Sc2cccc(NC(=O)/C(=C\c3ccccc3OCC)NC(=O)c3ccccc3)c2)sc2c1CCC(c1ccccc1)C2. The van der Waals surface area contributed by atoms with Crippen molar-refractivity contribution in [3.8, 4) is 5.75 Å². The molecule has 4 aromatic carbocycles. The number of esters is 1. The molecule has 11 heteroatoms. The number of thiophene rings is 1. The number of carbonyl (C=O) groups is 4. The van der Waals surface area contributed by atoms with E-state index in [0.29, 0.717) is 45.7 Å². The molecule has 0 radical (unpaired) electrons. The molecule has 282 valence electrons. The van der Waals surface area contributed by atoms with Gasteiger partial charge in [-0.1, -0.05) is 72.8 Å². The lowest BCUT2D eigenvalue weighted by Gasteiger charge is -2.23. The maximum absolute atomic E-state index is 13.8. The molecule has 0 aliphatic heterocycles. The van der Waals surface area contributed by atoms with Crippen LogP contribution in [0.3, 0.4) is 0 Å². The van der Waals surface area contributed by atoms with Gasteiger partial charge >= 0.3 is 5.97 Å². The minimum Gasteiger partial charge on any atom is -0.493 e. The lowest BCUT2D eigenvalue weighted by Crippen LogP contribution is -2.30. The highest BCUT2D eigenvalue weighted by atomic mass is 32.2. The molecule has 1 aromatic heterocycles. The van der Waals surface area contributed by atoms with Crippen molar-refractivity contribution in [2.24, 2.45) is 0 Å². The third-order valence-corrected chi connectivity index (χ3v) is 11.3. The molecular formula is C44H43N3O6S2. The minimum atomic E-state index is -0.548. The van der Waals surface area contributed by atoms with E-state index in [-0.39, 0.29) is 18.2 Å². The molecule has 3 amide bonds. The number of hydrogen-bond donors (Lipinski definition) is 3. The van der Waals surface area contributed by atoms with E-state index in [4.69, 9.17) is 9.47 Å². The fraction of sp³-hybridized carbons (Fsp3) is 0.227. The zero-order valence-corrected chi connectivity index (χ0v) is 32.6. The maximum Gasteiger partial charge on any atom is 0.341 e. The van der Waals surface area contributed by atoms with E-state index in [1.54, 1.807) is 74.5 Å². The van der Waals surface area contributed by atoms with Crippen LogP contribution in [0.4, 0.5) is 10.7 Å². The second-order valence-corrected chi connectivity index (χ2v) is 15.4. The van der Waals surface area contributed by atoms with Gasteiger partial charge < -0.3 is 25.4 Å². The van der Waals surface area contributed by atoms with Gasteiger partial charge in [-0.2, -0.15) is 0 Å². The highest BCUT2D eigenvalue weighted by Crippen LogP contribution is 2.43. The van der Waals surface area contributed by atoms with Gasteiger partial charge in [0.15, 0.2) is 0 Å². The van der Waals surface area contributed by atoms with Crippen LogP contribution in [0.1, 0.15) is 75.4 Å². The number of anilines is 2. The zero-order chi connectivity index (χ0) is 38.7. The first kappa shape index (κ1) is 39.1. The average molecular weight is 774 g/mol. The molecule has 0 spiro atoms. The van der Waals surface area contributed by atoms with E-state index in [1.807, 2.05) is 49.4 Å². The monoisotopic (exact) mass is 773 g/mol. The van der Waals surface area contributed by atoms with Crippen molar-refractivity contribution >= 4 is 63.6 Å². The third-order valence-electron chi connectivity index (χ3n) is 9.07. The zero-order valence-electron chi connectivity index (χ0n) is 30.9. The summed E-state index contributed by atoms with van der Waals surface area (Å²) in [6, 6.07) is 33.4. The van der Waals surface area contributed by atoms with Gasteiger partial charge in [-0.25, -0.2) is 4.79 Å². The number of thioether (sulfide) groups is 1. The smallest absolute Gasteiger partial charge is 0.341 e. The molecule has 0 saturated heterocycles. The standard InChI is InChI=1S/C44H43N3O6S2/c1-4-52-37-22-13-12-19-32(37)25-36(46-41(49)30-17-10-7-11-18-30)42(50)45-33-20-14-21-34(27-33)54-28(3)40(48)47-43-39(44(51)53-5-2)35-24-23-31(26-38(35)55-43)29-15-8-6-9-16-29/h6-22,25,27-28,31H,4-5,23-24,26H2,1-3H3,(H,45,50)(H,46,49)(H,47,48)/b36-25+. The molecule has 1 heterocycles. The molecule has 9 nitrogen and oxygen atoms in total. The Morgan fingerprint density at radius 3 is 2.35 bits per heavy atom. The van der Waals surface area contributed by atoms with Crippen molar-refractivity contribution < 1.29 is 28.7 Å². The molecule has 6 rings (SSSR count).